The van der Waals surface area contributed by atoms with Gasteiger partial charge >= 0.3 is 5.97 Å². The van der Waals surface area contributed by atoms with E-state index in [-0.39, 0.29) is 5.97 Å². The lowest BCUT2D eigenvalue weighted by atomic mass is 9.91. The summed E-state index contributed by atoms with van der Waals surface area (Å²) in [5.74, 6) is 0.330. The summed E-state index contributed by atoms with van der Waals surface area (Å²) in [6, 6.07) is 25.4. The standard InChI is InChI=1S/C24H24O2/c1-17(2)22-15-14-21(16-18(22)3)26-24(25)23(19-10-6-4-7-11-19)20-12-8-5-9-13-20/h4-17,23H,1-3H3. The molecule has 0 N–H and O–H groups in total. The number of carbonyl (C=O) groups is 1. The first-order chi connectivity index (χ1) is 12.6. The summed E-state index contributed by atoms with van der Waals surface area (Å²) in [5, 5.41) is 0. The van der Waals surface area contributed by atoms with Crippen LogP contribution in [0.1, 0.15) is 47.9 Å². The van der Waals surface area contributed by atoms with Crippen LogP contribution in [0.15, 0.2) is 78.9 Å². The largest absolute Gasteiger partial charge is 0.426 e. The summed E-state index contributed by atoms with van der Waals surface area (Å²) in [6.07, 6.45) is 0. The topological polar surface area (TPSA) is 26.3 Å². The summed E-state index contributed by atoms with van der Waals surface area (Å²) in [4.78, 5) is 13.0. The highest BCUT2D eigenvalue weighted by Crippen LogP contribution is 2.28. The normalized spacial score (nSPS) is 11.0. The molecule has 0 spiro atoms. The van der Waals surface area contributed by atoms with Crippen LogP contribution >= 0.6 is 0 Å². The maximum atomic E-state index is 13.0. The van der Waals surface area contributed by atoms with Crippen LogP contribution in [-0.2, 0) is 4.79 Å². The predicted octanol–water partition coefficient (Wildman–Crippen LogP) is 5.86. The van der Waals surface area contributed by atoms with Gasteiger partial charge in [-0.3, -0.25) is 4.79 Å². The van der Waals surface area contributed by atoms with Crippen molar-refractivity contribution in [3.8, 4) is 5.75 Å². The average molecular weight is 344 g/mol. The Morgan fingerprint density at radius 2 is 1.35 bits per heavy atom. The van der Waals surface area contributed by atoms with Gasteiger partial charge in [0.25, 0.3) is 0 Å². The van der Waals surface area contributed by atoms with Gasteiger partial charge in [-0.2, -0.15) is 0 Å². The minimum atomic E-state index is -0.442. The van der Waals surface area contributed by atoms with Gasteiger partial charge in [0.1, 0.15) is 11.7 Å². The number of rotatable bonds is 5. The smallest absolute Gasteiger partial charge is 0.323 e. The van der Waals surface area contributed by atoms with Gasteiger partial charge in [0, 0.05) is 0 Å². The lowest BCUT2D eigenvalue weighted by Crippen LogP contribution is -2.20. The van der Waals surface area contributed by atoms with Crippen molar-refractivity contribution in [3.63, 3.8) is 0 Å². The maximum Gasteiger partial charge on any atom is 0.323 e. The Morgan fingerprint density at radius 1 is 0.808 bits per heavy atom. The average Bonchev–Trinajstić information content (AvgIpc) is 2.63. The van der Waals surface area contributed by atoms with Crippen LogP contribution in [-0.4, -0.2) is 5.97 Å². The number of ether oxygens (including phenoxy) is 1. The van der Waals surface area contributed by atoms with Crippen LogP contribution in [0.25, 0.3) is 0 Å². The van der Waals surface area contributed by atoms with Crippen molar-refractivity contribution in [1.82, 2.24) is 0 Å². The summed E-state index contributed by atoms with van der Waals surface area (Å²) < 4.78 is 5.76. The van der Waals surface area contributed by atoms with Crippen LogP contribution in [0.5, 0.6) is 5.75 Å². The molecule has 3 aromatic rings. The summed E-state index contributed by atoms with van der Waals surface area (Å²) in [6.45, 7) is 6.38. The van der Waals surface area contributed by atoms with E-state index in [0.29, 0.717) is 11.7 Å². The molecule has 0 aliphatic heterocycles. The molecule has 26 heavy (non-hydrogen) atoms. The molecule has 0 atom stereocenters. The highest BCUT2D eigenvalue weighted by atomic mass is 16.5. The monoisotopic (exact) mass is 344 g/mol. The molecule has 0 bridgehead atoms. The first-order valence-electron chi connectivity index (χ1n) is 8.98. The number of hydrogen-bond donors (Lipinski definition) is 0. The van der Waals surface area contributed by atoms with Crippen LogP contribution in [0.4, 0.5) is 0 Å². The van der Waals surface area contributed by atoms with Gasteiger partial charge in [0.05, 0.1) is 0 Å². The minimum Gasteiger partial charge on any atom is -0.426 e. The third-order valence-corrected chi connectivity index (χ3v) is 4.58. The Morgan fingerprint density at radius 3 is 1.81 bits per heavy atom. The van der Waals surface area contributed by atoms with E-state index in [1.807, 2.05) is 78.9 Å². The lowest BCUT2D eigenvalue weighted by molar-refractivity contribution is -0.135. The van der Waals surface area contributed by atoms with E-state index in [0.717, 1.165) is 16.7 Å². The first kappa shape index (κ1) is 17.9. The van der Waals surface area contributed by atoms with Crippen LogP contribution in [0, 0.1) is 6.92 Å². The van der Waals surface area contributed by atoms with Gasteiger partial charge in [0.2, 0.25) is 0 Å². The Bertz CT molecular complexity index is 828. The van der Waals surface area contributed by atoms with Gasteiger partial charge in [-0.15, -0.1) is 0 Å². The summed E-state index contributed by atoms with van der Waals surface area (Å²) in [5.41, 5.74) is 4.27. The highest BCUT2D eigenvalue weighted by molar-refractivity contribution is 5.84. The third-order valence-electron chi connectivity index (χ3n) is 4.58. The molecule has 0 heterocycles. The van der Waals surface area contributed by atoms with E-state index in [1.165, 1.54) is 5.56 Å². The second kappa shape index (κ2) is 8.01. The fourth-order valence-corrected chi connectivity index (χ4v) is 3.29. The molecule has 0 unspecified atom stereocenters. The molecule has 3 aromatic carbocycles. The molecule has 0 fully saturated rings. The van der Waals surface area contributed by atoms with E-state index in [4.69, 9.17) is 4.74 Å². The van der Waals surface area contributed by atoms with Gasteiger partial charge in [-0.05, 0) is 47.2 Å². The fourth-order valence-electron chi connectivity index (χ4n) is 3.29. The molecule has 0 radical (unpaired) electrons. The molecule has 2 heteroatoms. The van der Waals surface area contributed by atoms with Crippen LogP contribution in [0.3, 0.4) is 0 Å². The van der Waals surface area contributed by atoms with Crippen molar-refractivity contribution < 1.29 is 9.53 Å². The highest BCUT2D eigenvalue weighted by Gasteiger charge is 2.24. The molecule has 2 nitrogen and oxygen atoms in total. The van der Waals surface area contributed by atoms with Crippen LogP contribution in [0.2, 0.25) is 0 Å². The van der Waals surface area contributed by atoms with E-state index < -0.39 is 5.92 Å². The number of carbonyl (C=O) groups excluding carboxylic acids is 1. The SMILES string of the molecule is Cc1cc(OC(=O)C(c2ccccc2)c2ccccc2)ccc1C(C)C. The van der Waals surface area contributed by atoms with E-state index in [9.17, 15) is 4.79 Å². The van der Waals surface area contributed by atoms with Gasteiger partial charge in [-0.1, -0.05) is 80.6 Å². The quantitative estimate of drug-likeness (QED) is 0.428. The Hall–Kier alpha value is -2.87. The van der Waals surface area contributed by atoms with E-state index >= 15 is 0 Å². The predicted molar refractivity (Wildman–Crippen MR) is 106 cm³/mol. The number of benzene rings is 3. The minimum absolute atomic E-state index is 0.265. The van der Waals surface area contributed by atoms with Crippen molar-refractivity contribution in [2.24, 2.45) is 0 Å². The molecule has 0 aromatic heterocycles. The van der Waals surface area contributed by atoms with E-state index in [2.05, 4.69) is 20.8 Å². The van der Waals surface area contributed by atoms with Gasteiger partial charge in [0.15, 0.2) is 0 Å². The molecular formula is C24H24O2. The zero-order valence-corrected chi connectivity index (χ0v) is 15.5. The Balaban J connectivity index is 1.90. The lowest BCUT2D eigenvalue weighted by Gasteiger charge is -2.18. The van der Waals surface area contributed by atoms with Crippen molar-refractivity contribution >= 4 is 5.97 Å². The van der Waals surface area contributed by atoms with Gasteiger partial charge < -0.3 is 4.74 Å². The zero-order valence-electron chi connectivity index (χ0n) is 15.5. The van der Waals surface area contributed by atoms with Crippen molar-refractivity contribution in [3.05, 3.63) is 101 Å². The van der Waals surface area contributed by atoms with E-state index in [1.54, 1.807) is 0 Å². The van der Waals surface area contributed by atoms with Crippen molar-refractivity contribution in [2.45, 2.75) is 32.6 Å². The Kier molecular flexibility index (Phi) is 5.52. The number of aryl methyl sites for hydroxylation is 1. The molecule has 0 aliphatic carbocycles. The van der Waals surface area contributed by atoms with Gasteiger partial charge in [-0.25, -0.2) is 0 Å². The molecule has 0 aliphatic rings. The summed E-state index contributed by atoms with van der Waals surface area (Å²) >= 11 is 0. The first-order valence-corrected chi connectivity index (χ1v) is 8.98. The molecule has 0 saturated carbocycles. The second-order valence-corrected chi connectivity index (χ2v) is 6.85. The fraction of sp³-hybridized carbons (Fsp3) is 0.208. The van der Waals surface area contributed by atoms with Crippen molar-refractivity contribution in [1.29, 1.82) is 0 Å². The molecular weight excluding hydrogens is 320 g/mol. The van der Waals surface area contributed by atoms with Crippen molar-refractivity contribution in [2.75, 3.05) is 0 Å². The zero-order chi connectivity index (χ0) is 18.5. The number of hydrogen-bond acceptors (Lipinski definition) is 2. The maximum absolute atomic E-state index is 13.0. The molecule has 0 saturated heterocycles. The van der Waals surface area contributed by atoms with Crippen LogP contribution < -0.4 is 4.74 Å². The Labute approximate surface area is 155 Å². The molecule has 132 valence electrons. The number of esters is 1. The molecule has 3 rings (SSSR count). The summed E-state index contributed by atoms with van der Waals surface area (Å²) in [7, 11) is 0. The second-order valence-electron chi connectivity index (χ2n) is 6.85. The molecule has 0 amide bonds. The third kappa shape index (κ3) is 4.02.